The molecule has 3 rings (SSSR count). The van der Waals surface area contributed by atoms with Crippen LogP contribution in [0.25, 0.3) is 0 Å². The molecule has 1 aromatic heterocycles. The van der Waals surface area contributed by atoms with Gasteiger partial charge >= 0.3 is 5.97 Å². The quantitative estimate of drug-likeness (QED) is 0.403. The first-order chi connectivity index (χ1) is 13.8. The number of aromatic nitrogens is 1. The third kappa shape index (κ3) is 11.7. The second-order valence-electron chi connectivity index (χ2n) is 8.04. The number of carbonyl (C=O) groups is 1. The number of hydrogen-bond acceptors (Lipinski definition) is 3. The number of nitrogens with one attached hydrogen (secondary N) is 1. The molecule has 1 aromatic carbocycles. The lowest BCUT2D eigenvalue weighted by Gasteiger charge is -2.18. The van der Waals surface area contributed by atoms with E-state index in [1.165, 1.54) is 85.2 Å². The Kier molecular flexibility index (Phi) is 12.3. The van der Waals surface area contributed by atoms with Crippen molar-refractivity contribution >= 4 is 17.7 Å². The molecule has 0 aliphatic carbocycles. The van der Waals surface area contributed by atoms with Crippen LogP contribution in [0.4, 0.5) is 0 Å². The van der Waals surface area contributed by atoms with Crippen molar-refractivity contribution in [2.75, 3.05) is 18.8 Å². The molecule has 0 bridgehead atoms. The van der Waals surface area contributed by atoms with E-state index < -0.39 is 5.97 Å². The average molecular weight is 418 g/mol. The summed E-state index contributed by atoms with van der Waals surface area (Å²) < 4.78 is 0. The van der Waals surface area contributed by atoms with Crippen LogP contribution >= 0.6 is 0 Å². The minimum absolute atomic E-state index is 0.220. The van der Waals surface area contributed by atoms with Crippen molar-refractivity contribution < 1.29 is 9.90 Å². The molecule has 0 unspecified atom stereocenters. The Hall–Kier alpha value is -1.85. The van der Waals surface area contributed by atoms with Crippen LogP contribution in [0.1, 0.15) is 69.3 Å². The SMILES string of the molecule is C1CCNC1.CCCC[SH+]c1ccc(C(C)(C)C)cc1.O=C(O)c1cccnc1. The maximum absolute atomic E-state index is 10.2. The number of unbranched alkanes of at least 4 members (excludes halogenated alkanes) is 1. The molecule has 29 heavy (non-hydrogen) atoms. The molecule has 0 atom stereocenters. The summed E-state index contributed by atoms with van der Waals surface area (Å²) >= 11 is 1.48. The van der Waals surface area contributed by atoms with Gasteiger partial charge in [-0.15, -0.1) is 0 Å². The van der Waals surface area contributed by atoms with Crippen molar-refractivity contribution in [3.63, 3.8) is 0 Å². The average Bonchev–Trinajstić information content (AvgIpc) is 3.29. The van der Waals surface area contributed by atoms with Gasteiger partial charge in [-0.1, -0.05) is 46.2 Å². The number of pyridine rings is 1. The Morgan fingerprint density at radius 3 is 2.17 bits per heavy atom. The third-order valence-electron chi connectivity index (χ3n) is 4.40. The maximum atomic E-state index is 10.2. The Balaban J connectivity index is 0.000000251. The van der Waals surface area contributed by atoms with Crippen LogP contribution in [0.2, 0.25) is 0 Å². The molecule has 1 aliphatic rings. The number of benzene rings is 1. The number of carboxylic acid groups (broad SMARTS) is 1. The highest BCUT2D eigenvalue weighted by Crippen LogP contribution is 2.22. The molecule has 0 spiro atoms. The molecule has 0 amide bonds. The number of hydrogen-bond donors (Lipinski definition) is 2. The first-order valence-corrected chi connectivity index (χ1v) is 11.5. The third-order valence-corrected chi connectivity index (χ3v) is 5.61. The number of thiol groups is 1. The highest BCUT2D eigenvalue weighted by atomic mass is 32.2. The summed E-state index contributed by atoms with van der Waals surface area (Å²) in [6, 6.07) is 12.2. The zero-order valence-electron chi connectivity index (χ0n) is 18.3. The summed E-state index contributed by atoms with van der Waals surface area (Å²) in [6.45, 7) is 11.5. The van der Waals surface area contributed by atoms with E-state index >= 15 is 0 Å². The number of nitrogens with zero attached hydrogens (tertiary/aromatic N) is 1. The Morgan fingerprint density at radius 1 is 1.14 bits per heavy atom. The molecule has 5 heteroatoms. The maximum Gasteiger partial charge on any atom is 0.337 e. The van der Waals surface area contributed by atoms with Crippen LogP contribution in [0, 0.1) is 0 Å². The smallest absolute Gasteiger partial charge is 0.337 e. The van der Waals surface area contributed by atoms with E-state index in [1.807, 2.05) is 0 Å². The van der Waals surface area contributed by atoms with E-state index in [-0.39, 0.29) is 11.0 Å². The van der Waals surface area contributed by atoms with E-state index in [0.717, 1.165) is 0 Å². The van der Waals surface area contributed by atoms with Gasteiger partial charge in [0, 0.05) is 24.2 Å². The van der Waals surface area contributed by atoms with Gasteiger partial charge in [0.1, 0.15) is 5.75 Å². The Morgan fingerprint density at radius 2 is 1.79 bits per heavy atom. The Labute approximate surface area is 180 Å². The highest BCUT2D eigenvalue weighted by molar-refractivity contribution is 7.78. The molecule has 160 valence electrons. The summed E-state index contributed by atoms with van der Waals surface area (Å²) in [5, 5.41) is 11.6. The summed E-state index contributed by atoms with van der Waals surface area (Å²) in [7, 11) is 0. The predicted molar refractivity (Wildman–Crippen MR) is 125 cm³/mol. The van der Waals surface area contributed by atoms with Gasteiger partial charge in [0.05, 0.1) is 5.56 Å². The predicted octanol–water partition coefficient (Wildman–Crippen LogP) is 5.11. The topological polar surface area (TPSA) is 62.2 Å². The fraction of sp³-hybridized carbons (Fsp3) is 0.500. The van der Waals surface area contributed by atoms with Crippen molar-refractivity contribution in [2.45, 2.75) is 63.7 Å². The monoisotopic (exact) mass is 417 g/mol. The van der Waals surface area contributed by atoms with Crippen LogP contribution in [0.5, 0.6) is 0 Å². The summed E-state index contributed by atoms with van der Waals surface area (Å²) in [5.74, 6) is 0.355. The van der Waals surface area contributed by atoms with Crippen LogP contribution in [0.3, 0.4) is 0 Å². The largest absolute Gasteiger partial charge is 0.478 e. The molecular weight excluding hydrogens is 380 g/mol. The van der Waals surface area contributed by atoms with E-state index in [9.17, 15) is 4.79 Å². The summed E-state index contributed by atoms with van der Waals surface area (Å²) in [5.41, 5.74) is 1.92. The first kappa shape index (κ1) is 25.2. The van der Waals surface area contributed by atoms with Gasteiger partial charge in [0.25, 0.3) is 0 Å². The fourth-order valence-electron chi connectivity index (χ4n) is 2.55. The first-order valence-electron chi connectivity index (χ1n) is 10.5. The molecule has 0 radical (unpaired) electrons. The molecule has 0 saturated carbocycles. The zero-order chi connectivity index (χ0) is 21.5. The standard InChI is InChI=1S/C14H22S.C6H5NO2.C4H9N/c1-5-6-11-15-13-9-7-12(8-10-13)14(2,3)4;8-6(9)5-2-1-3-7-4-5;1-2-4-5-3-1/h7-10H,5-6,11H2,1-4H3;1-4H,(H,8,9);5H,1-4H2/p+1. The number of aromatic carboxylic acids is 1. The molecular formula is C24H37N2O2S+. The van der Waals surface area contributed by atoms with Crippen molar-refractivity contribution in [3.05, 3.63) is 59.9 Å². The van der Waals surface area contributed by atoms with Crippen molar-refractivity contribution in [2.24, 2.45) is 0 Å². The molecule has 4 nitrogen and oxygen atoms in total. The lowest BCUT2D eigenvalue weighted by atomic mass is 9.87. The van der Waals surface area contributed by atoms with E-state index in [1.54, 1.807) is 6.07 Å². The minimum atomic E-state index is -0.942. The summed E-state index contributed by atoms with van der Waals surface area (Å²) in [6.07, 6.45) is 8.25. The number of carboxylic acids is 1. The molecule has 2 aromatic rings. The van der Waals surface area contributed by atoms with E-state index in [0.29, 0.717) is 0 Å². The van der Waals surface area contributed by atoms with Gasteiger partial charge < -0.3 is 10.4 Å². The van der Waals surface area contributed by atoms with Crippen molar-refractivity contribution in [3.8, 4) is 0 Å². The highest BCUT2D eigenvalue weighted by Gasteiger charge is 2.13. The lowest BCUT2D eigenvalue weighted by Crippen LogP contribution is -2.10. The fourth-order valence-corrected chi connectivity index (χ4v) is 3.64. The number of rotatable bonds is 5. The second-order valence-corrected chi connectivity index (χ2v) is 9.32. The van der Waals surface area contributed by atoms with Gasteiger partial charge in [0.2, 0.25) is 0 Å². The van der Waals surface area contributed by atoms with Gasteiger partial charge in [-0.2, -0.15) is 0 Å². The molecule has 1 saturated heterocycles. The van der Waals surface area contributed by atoms with Crippen LogP contribution in [0.15, 0.2) is 53.7 Å². The van der Waals surface area contributed by atoms with Gasteiger partial charge in [0.15, 0.2) is 4.90 Å². The second kappa shape index (κ2) is 14.2. The molecule has 1 fully saturated rings. The van der Waals surface area contributed by atoms with E-state index in [2.05, 4.69) is 62.3 Å². The molecule has 2 heterocycles. The van der Waals surface area contributed by atoms with Crippen molar-refractivity contribution in [1.29, 1.82) is 0 Å². The van der Waals surface area contributed by atoms with Crippen LogP contribution < -0.4 is 5.32 Å². The van der Waals surface area contributed by atoms with Crippen molar-refractivity contribution in [1.82, 2.24) is 10.3 Å². The van der Waals surface area contributed by atoms with Crippen LogP contribution in [-0.2, 0) is 17.2 Å². The molecule has 1 aliphatic heterocycles. The zero-order valence-corrected chi connectivity index (χ0v) is 19.2. The molecule has 2 N–H and O–H groups in total. The normalized spacial score (nSPS) is 13.0. The van der Waals surface area contributed by atoms with Gasteiger partial charge in [-0.3, -0.25) is 4.98 Å². The van der Waals surface area contributed by atoms with Gasteiger partial charge in [-0.05, 0) is 67.6 Å². The van der Waals surface area contributed by atoms with Crippen LogP contribution in [-0.4, -0.2) is 34.9 Å². The lowest BCUT2D eigenvalue weighted by molar-refractivity contribution is 0.0696. The van der Waals surface area contributed by atoms with Gasteiger partial charge in [-0.25, -0.2) is 4.79 Å². The minimum Gasteiger partial charge on any atom is -0.478 e. The Bertz CT molecular complexity index is 671. The summed E-state index contributed by atoms with van der Waals surface area (Å²) in [4.78, 5) is 15.2. The van der Waals surface area contributed by atoms with E-state index in [4.69, 9.17) is 5.11 Å².